The molecule has 0 bridgehead atoms. The molecule has 0 spiro atoms. The second-order valence-electron chi connectivity index (χ2n) is 5.84. The fraction of sp³-hybridized carbons (Fsp3) is 0.150. The maximum atomic E-state index is 14.0. The molecule has 156 valence electrons. The van der Waals surface area contributed by atoms with Crippen LogP contribution < -0.4 is 9.62 Å². The van der Waals surface area contributed by atoms with E-state index in [1.54, 1.807) is 30.3 Å². The number of benzene rings is 2. The Morgan fingerprint density at radius 2 is 1.93 bits per heavy atom. The van der Waals surface area contributed by atoms with Gasteiger partial charge in [0.1, 0.15) is 17.3 Å². The van der Waals surface area contributed by atoms with Crippen molar-refractivity contribution in [3.05, 3.63) is 72.6 Å². The summed E-state index contributed by atoms with van der Waals surface area (Å²) in [5.41, 5.74) is 0.193. The van der Waals surface area contributed by atoms with Gasteiger partial charge in [-0.15, -0.1) is 6.58 Å². The summed E-state index contributed by atoms with van der Waals surface area (Å²) in [6.45, 7) is 2.29. The normalized spacial score (nSPS) is 10.7. The average molecular weight is 431 g/mol. The summed E-state index contributed by atoms with van der Waals surface area (Å²) in [5, 5.41) is 8.94. The largest absolute Gasteiger partial charge is 0.452 e. The molecule has 0 aliphatic rings. The molecule has 10 heteroatoms. The molecule has 2 rings (SSSR count). The van der Waals surface area contributed by atoms with Gasteiger partial charge in [-0.05, 0) is 30.3 Å². The van der Waals surface area contributed by atoms with E-state index in [1.165, 1.54) is 6.08 Å². The van der Waals surface area contributed by atoms with Crippen molar-refractivity contribution in [1.82, 2.24) is 4.72 Å². The van der Waals surface area contributed by atoms with E-state index in [4.69, 9.17) is 10.00 Å². The van der Waals surface area contributed by atoms with E-state index in [1.807, 2.05) is 6.07 Å². The van der Waals surface area contributed by atoms with E-state index in [2.05, 4.69) is 11.3 Å². The lowest BCUT2D eigenvalue weighted by Gasteiger charge is -2.19. The molecule has 30 heavy (non-hydrogen) atoms. The molecule has 0 unspecified atom stereocenters. The van der Waals surface area contributed by atoms with Crippen LogP contribution in [0.25, 0.3) is 0 Å². The standard InChI is InChI=1S/C20H18FN3O5S/c1-2-11-23-30(27,28)18-13-15(8-9-17(18)21)20(26)29-14-19(25)24(12-10-22)16-6-4-3-5-7-16/h2-9,13,23H,1,11-12,14H2. The number of amides is 1. The maximum Gasteiger partial charge on any atom is 0.338 e. The number of halogens is 1. The van der Waals surface area contributed by atoms with Gasteiger partial charge in [0.2, 0.25) is 10.0 Å². The number of nitriles is 1. The average Bonchev–Trinajstić information content (AvgIpc) is 2.75. The Morgan fingerprint density at radius 3 is 2.57 bits per heavy atom. The Kier molecular flexibility index (Phi) is 7.80. The minimum atomic E-state index is -4.21. The zero-order valence-corrected chi connectivity index (χ0v) is 16.6. The number of nitrogens with one attached hydrogen (secondary N) is 1. The highest BCUT2D eigenvalue weighted by Crippen LogP contribution is 2.18. The van der Waals surface area contributed by atoms with Gasteiger partial charge in [0, 0.05) is 12.2 Å². The fourth-order valence-electron chi connectivity index (χ4n) is 2.37. The van der Waals surface area contributed by atoms with Crippen LogP contribution in [0.2, 0.25) is 0 Å². The highest BCUT2D eigenvalue weighted by atomic mass is 32.2. The summed E-state index contributed by atoms with van der Waals surface area (Å²) in [6, 6.07) is 12.9. The zero-order chi connectivity index (χ0) is 22.1. The Balaban J connectivity index is 2.14. The van der Waals surface area contributed by atoms with Crippen LogP contribution in [0.15, 0.2) is 66.1 Å². The molecule has 2 aromatic carbocycles. The number of para-hydroxylation sites is 1. The molecular formula is C20H18FN3O5S. The Morgan fingerprint density at radius 1 is 1.23 bits per heavy atom. The van der Waals surface area contributed by atoms with Gasteiger partial charge >= 0.3 is 5.97 Å². The minimum Gasteiger partial charge on any atom is -0.452 e. The van der Waals surface area contributed by atoms with Gasteiger partial charge in [0.25, 0.3) is 5.91 Å². The predicted octanol–water partition coefficient (Wildman–Crippen LogP) is 2.00. The van der Waals surface area contributed by atoms with Crippen molar-refractivity contribution in [3.8, 4) is 6.07 Å². The third-order valence-electron chi connectivity index (χ3n) is 3.80. The second kappa shape index (κ2) is 10.3. The summed E-state index contributed by atoms with van der Waals surface area (Å²) in [6.07, 6.45) is 1.28. The monoisotopic (exact) mass is 431 g/mol. The summed E-state index contributed by atoms with van der Waals surface area (Å²) >= 11 is 0. The molecule has 0 heterocycles. The van der Waals surface area contributed by atoms with Gasteiger partial charge in [-0.2, -0.15) is 5.26 Å². The fourth-order valence-corrected chi connectivity index (χ4v) is 3.47. The molecule has 0 aromatic heterocycles. The van der Waals surface area contributed by atoms with E-state index in [0.29, 0.717) is 5.69 Å². The predicted molar refractivity (Wildman–Crippen MR) is 106 cm³/mol. The lowest BCUT2D eigenvalue weighted by molar-refractivity contribution is -0.121. The number of hydrogen-bond donors (Lipinski definition) is 1. The van der Waals surface area contributed by atoms with Crippen molar-refractivity contribution in [2.75, 3.05) is 24.6 Å². The third-order valence-corrected chi connectivity index (χ3v) is 5.24. The van der Waals surface area contributed by atoms with Gasteiger partial charge in [-0.1, -0.05) is 24.3 Å². The van der Waals surface area contributed by atoms with E-state index >= 15 is 0 Å². The highest BCUT2D eigenvalue weighted by Gasteiger charge is 2.22. The minimum absolute atomic E-state index is 0.126. The number of carbonyl (C=O) groups excluding carboxylic acids is 2. The quantitative estimate of drug-likeness (QED) is 0.369. The molecule has 0 fully saturated rings. The number of esters is 1. The summed E-state index contributed by atoms with van der Waals surface area (Å²) in [5.74, 6) is -2.73. The van der Waals surface area contributed by atoms with E-state index in [-0.39, 0.29) is 18.7 Å². The number of ether oxygens (including phenoxy) is 1. The number of carbonyl (C=O) groups is 2. The topological polar surface area (TPSA) is 117 Å². The molecule has 8 nitrogen and oxygen atoms in total. The Hall–Kier alpha value is -3.55. The maximum absolute atomic E-state index is 14.0. The van der Waals surface area contributed by atoms with Crippen LogP contribution in [0.3, 0.4) is 0 Å². The van der Waals surface area contributed by atoms with Gasteiger partial charge < -0.3 is 4.74 Å². The summed E-state index contributed by atoms with van der Waals surface area (Å²) in [7, 11) is -4.21. The zero-order valence-electron chi connectivity index (χ0n) is 15.7. The lowest BCUT2D eigenvalue weighted by atomic mass is 10.2. The van der Waals surface area contributed by atoms with Gasteiger partial charge in [0.15, 0.2) is 6.61 Å². The number of hydrogen-bond acceptors (Lipinski definition) is 6. The summed E-state index contributed by atoms with van der Waals surface area (Å²) < 4.78 is 45.3. The number of rotatable bonds is 9. The number of sulfonamides is 1. The Bertz CT molecular complexity index is 1080. The second-order valence-corrected chi connectivity index (χ2v) is 7.57. The molecule has 2 aromatic rings. The van der Waals surface area contributed by atoms with Gasteiger partial charge in [-0.25, -0.2) is 22.3 Å². The molecule has 1 N–H and O–H groups in total. The SMILES string of the molecule is C=CCNS(=O)(=O)c1cc(C(=O)OCC(=O)N(CC#N)c2ccccc2)ccc1F. The summed E-state index contributed by atoms with van der Waals surface area (Å²) in [4.78, 5) is 25.0. The van der Waals surface area contributed by atoms with Crippen molar-refractivity contribution in [1.29, 1.82) is 5.26 Å². The first-order chi connectivity index (χ1) is 14.3. The molecule has 0 atom stereocenters. The van der Waals surface area contributed by atoms with Gasteiger partial charge in [-0.3, -0.25) is 9.69 Å². The van der Waals surface area contributed by atoms with Crippen LogP contribution in [0.4, 0.5) is 10.1 Å². The third kappa shape index (κ3) is 5.73. The number of nitrogens with zero attached hydrogens (tertiary/aromatic N) is 2. The van der Waals surface area contributed by atoms with Crippen LogP contribution in [0, 0.1) is 17.1 Å². The van der Waals surface area contributed by atoms with Crippen molar-refractivity contribution in [2.45, 2.75) is 4.90 Å². The van der Waals surface area contributed by atoms with E-state index in [0.717, 1.165) is 23.1 Å². The highest BCUT2D eigenvalue weighted by molar-refractivity contribution is 7.89. The van der Waals surface area contributed by atoms with E-state index < -0.39 is 39.2 Å². The molecular weight excluding hydrogens is 413 g/mol. The van der Waals surface area contributed by atoms with E-state index in [9.17, 15) is 22.4 Å². The van der Waals surface area contributed by atoms with Crippen molar-refractivity contribution < 1.29 is 27.1 Å². The van der Waals surface area contributed by atoms with Crippen LogP contribution in [0.1, 0.15) is 10.4 Å². The molecule has 0 aliphatic carbocycles. The first kappa shape index (κ1) is 22.7. The first-order valence-electron chi connectivity index (χ1n) is 8.59. The Labute approximate surface area is 173 Å². The first-order valence-corrected chi connectivity index (χ1v) is 10.1. The molecule has 0 radical (unpaired) electrons. The van der Waals surface area contributed by atoms with Crippen LogP contribution in [0.5, 0.6) is 0 Å². The molecule has 0 aliphatic heterocycles. The molecule has 0 saturated carbocycles. The smallest absolute Gasteiger partial charge is 0.338 e. The van der Waals surface area contributed by atoms with Crippen molar-refractivity contribution in [3.63, 3.8) is 0 Å². The number of anilines is 1. The molecule has 1 amide bonds. The van der Waals surface area contributed by atoms with Crippen LogP contribution >= 0.6 is 0 Å². The molecule has 0 saturated heterocycles. The van der Waals surface area contributed by atoms with Crippen LogP contribution in [-0.2, 0) is 19.6 Å². The van der Waals surface area contributed by atoms with Crippen molar-refractivity contribution >= 4 is 27.6 Å². The lowest BCUT2D eigenvalue weighted by Crippen LogP contribution is -2.35. The van der Waals surface area contributed by atoms with Gasteiger partial charge in [0.05, 0.1) is 11.6 Å². The van der Waals surface area contributed by atoms with Crippen molar-refractivity contribution in [2.24, 2.45) is 0 Å². The van der Waals surface area contributed by atoms with Crippen LogP contribution in [-0.4, -0.2) is 40.0 Å².